The molecule has 0 saturated carbocycles. The van der Waals surface area contributed by atoms with E-state index in [0.717, 1.165) is 16.3 Å². The van der Waals surface area contributed by atoms with Crippen LogP contribution in [0.5, 0.6) is 0 Å². The number of aromatic nitrogens is 1. The van der Waals surface area contributed by atoms with Crippen LogP contribution < -0.4 is 5.32 Å². The lowest BCUT2D eigenvalue weighted by Crippen LogP contribution is -2.41. The molecule has 0 bridgehead atoms. The molecule has 1 heterocycles. The van der Waals surface area contributed by atoms with Crippen molar-refractivity contribution in [3.05, 3.63) is 114 Å². The lowest BCUT2D eigenvalue weighted by Gasteiger charge is -2.29. The summed E-state index contributed by atoms with van der Waals surface area (Å²) in [5.41, 5.74) is 1.89. The van der Waals surface area contributed by atoms with E-state index in [1.165, 1.54) is 12.1 Å². The molecule has 0 unspecified atom stereocenters. The maximum Gasteiger partial charge on any atom is 0.269 e. The van der Waals surface area contributed by atoms with Gasteiger partial charge in [0.05, 0.1) is 0 Å². The van der Waals surface area contributed by atoms with E-state index < -0.39 is 0 Å². The Hall–Kier alpha value is -4.06. The number of amides is 2. The monoisotopic (exact) mass is 455 g/mol. The van der Waals surface area contributed by atoms with Gasteiger partial charge < -0.3 is 10.2 Å². The summed E-state index contributed by atoms with van der Waals surface area (Å²) in [6.45, 7) is 0.369. The van der Waals surface area contributed by atoms with Gasteiger partial charge in [-0.1, -0.05) is 54.6 Å². The first-order chi connectivity index (χ1) is 16.5. The smallest absolute Gasteiger partial charge is 0.269 e. The first-order valence-corrected chi connectivity index (χ1v) is 11.2. The highest BCUT2D eigenvalue weighted by Gasteiger charge is 2.23. The minimum absolute atomic E-state index is 0.0973. The van der Waals surface area contributed by atoms with Gasteiger partial charge in [-0.2, -0.15) is 0 Å². The molecule has 4 aromatic rings. The Balaban J connectivity index is 1.53. The highest BCUT2D eigenvalue weighted by molar-refractivity contribution is 6.07. The SMILES string of the molecule is CN(C(=O)c1cccc2ccccc12)[C@H](CCNC(=O)c1ccccn1)Cc1ccc(F)cc1. The fourth-order valence-electron chi connectivity index (χ4n) is 4.03. The lowest BCUT2D eigenvalue weighted by atomic mass is 9.99. The van der Waals surface area contributed by atoms with Crippen LogP contribution in [-0.4, -0.2) is 41.3 Å². The third-order valence-electron chi connectivity index (χ3n) is 5.93. The molecule has 3 aromatic carbocycles. The van der Waals surface area contributed by atoms with Crippen molar-refractivity contribution >= 4 is 22.6 Å². The van der Waals surface area contributed by atoms with Crippen molar-refractivity contribution < 1.29 is 14.0 Å². The van der Waals surface area contributed by atoms with Crippen LogP contribution in [0.3, 0.4) is 0 Å². The molecule has 1 atom stereocenters. The number of hydrogen-bond acceptors (Lipinski definition) is 3. The zero-order valence-electron chi connectivity index (χ0n) is 18.9. The summed E-state index contributed by atoms with van der Waals surface area (Å²) in [5.74, 6) is -0.660. The minimum atomic E-state index is -0.303. The molecule has 172 valence electrons. The number of benzene rings is 3. The zero-order chi connectivity index (χ0) is 23.9. The summed E-state index contributed by atoms with van der Waals surface area (Å²) in [6, 6.07) is 24.7. The van der Waals surface area contributed by atoms with E-state index in [4.69, 9.17) is 0 Å². The topological polar surface area (TPSA) is 62.3 Å². The average molecular weight is 456 g/mol. The Morgan fingerprint density at radius 2 is 1.68 bits per heavy atom. The van der Waals surface area contributed by atoms with Crippen LogP contribution in [0.1, 0.15) is 32.8 Å². The van der Waals surface area contributed by atoms with E-state index in [9.17, 15) is 14.0 Å². The summed E-state index contributed by atoms with van der Waals surface area (Å²) in [6.07, 6.45) is 2.64. The van der Waals surface area contributed by atoms with Crippen molar-refractivity contribution in [1.29, 1.82) is 0 Å². The van der Waals surface area contributed by atoms with E-state index >= 15 is 0 Å². The van der Waals surface area contributed by atoms with Gasteiger partial charge in [-0.25, -0.2) is 4.39 Å². The van der Waals surface area contributed by atoms with Crippen molar-refractivity contribution in [3.8, 4) is 0 Å². The van der Waals surface area contributed by atoms with Crippen LogP contribution in [0.2, 0.25) is 0 Å². The second-order valence-corrected chi connectivity index (χ2v) is 8.19. The molecule has 4 rings (SSSR count). The van der Waals surface area contributed by atoms with Gasteiger partial charge in [0.15, 0.2) is 0 Å². The van der Waals surface area contributed by atoms with E-state index in [-0.39, 0.29) is 23.7 Å². The molecule has 5 nitrogen and oxygen atoms in total. The molecule has 0 radical (unpaired) electrons. The Bertz CT molecular complexity index is 1270. The molecule has 0 spiro atoms. The molecular formula is C28H26FN3O2. The van der Waals surface area contributed by atoms with Gasteiger partial charge in [-0.05, 0) is 59.5 Å². The standard InChI is InChI=1S/C28H26FN3O2/c1-32(28(34)25-10-6-8-21-7-2-3-9-24(21)25)23(19-20-12-14-22(29)15-13-20)16-18-31-27(33)26-11-4-5-17-30-26/h2-15,17,23H,16,18-19H2,1H3,(H,31,33)/t23-/m1/s1. The minimum Gasteiger partial charge on any atom is -0.351 e. The van der Waals surface area contributed by atoms with E-state index in [2.05, 4.69) is 10.3 Å². The first kappa shape index (κ1) is 23.1. The second kappa shape index (κ2) is 10.7. The first-order valence-electron chi connectivity index (χ1n) is 11.2. The molecule has 0 aliphatic carbocycles. The molecule has 1 N–H and O–H groups in total. The molecule has 2 amide bonds. The number of hydrogen-bond donors (Lipinski definition) is 1. The van der Waals surface area contributed by atoms with Crippen LogP contribution >= 0.6 is 0 Å². The number of rotatable bonds is 8. The summed E-state index contributed by atoms with van der Waals surface area (Å²) in [7, 11) is 1.78. The van der Waals surface area contributed by atoms with Gasteiger partial charge in [0.2, 0.25) is 0 Å². The van der Waals surface area contributed by atoms with Crippen LogP contribution in [0.4, 0.5) is 4.39 Å². The third kappa shape index (κ3) is 5.46. The molecule has 0 fully saturated rings. The summed E-state index contributed by atoms with van der Waals surface area (Å²) in [4.78, 5) is 31.7. The van der Waals surface area contributed by atoms with Crippen molar-refractivity contribution in [3.63, 3.8) is 0 Å². The van der Waals surface area contributed by atoms with Crippen molar-refractivity contribution in [2.75, 3.05) is 13.6 Å². The van der Waals surface area contributed by atoms with E-state index in [1.807, 2.05) is 42.5 Å². The van der Waals surface area contributed by atoms with Gasteiger partial charge in [0, 0.05) is 31.4 Å². The molecule has 34 heavy (non-hydrogen) atoms. The molecule has 6 heteroatoms. The molecule has 0 aliphatic rings. The Labute approximate surface area is 198 Å². The number of likely N-dealkylation sites (N-methyl/N-ethyl adjacent to an activating group) is 1. The van der Waals surface area contributed by atoms with Crippen LogP contribution in [0.25, 0.3) is 10.8 Å². The number of nitrogens with one attached hydrogen (secondary N) is 1. The van der Waals surface area contributed by atoms with Gasteiger partial charge in [-0.15, -0.1) is 0 Å². The van der Waals surface area contributed by atoms with Gasteiger partial charge in [0.1, 0.15) is 11.5 Å². The van der Waals surface area contributed by atoms with Crippen LogP contribution in [0, 0.1) is 5.82 Å². The molecule has 1 aromatic heterocycles. The number of halogens is 1. The third-order valence-corrected chi connectivity index (χ3v) is 5.93. The number of carbonyl (C=O) groups excluding carboxylic acids is 2. The lowest BCUT2D eigenvalue weighted by molar-refractivity contribution is 0.0724. The average Bonchev–Trinajstić information content (AvgIpc) is 2.88. The van der Waals surface area contributed by atoms with Gasteiger partial charge in [0.25, 0.3) is 11.8 Å². The zero-order valence-corrected chi connectivity index (χ0v) is 18.9. The quantitative estimate of drug-likeness (QED) is 0.412. The largest absolute Gasteiger partial charge is 0.351 e. The number of pyridine rings is 1. The van der Waals surface area contributed by atoms with Crippen molar-refractivity contribution in [2.24, 2.45) is 0 Å². The fourth-order valence-corrected chi connectivity index (χ4v) is 4.03. The number of fused-ring (bicyclic) bond motifs is 1. The van der Waals surface area contributed by atoms with Crippen molar-refractivity contribution in [2.45, 2.75) is 18.9 Å². The van der Waals surface area contributed by atoms with E-state index in [0.29, 0.717) is 30.6 Å². The van der Waals surface area contributed by atoms with Crippen LogP contribution in [-0.2, 0) is 6.42 Å². The Morgan fingerprint density at radius 1 is 0.941 bits per heavy atom. The Morgan fingerprint density at radius 3 is 2.44 bits per heavy atom. The summed E-state index contributed by atoms with van der Waals surface area (Å²) in [5, 5.41) is 4.78. The number of nitrogens with zero attached hydrogens (tertiary/aromatic N) is 2. The summed E-state index contributed by atoms with van der Waals surface area (Å²) < 4.78 is 13.4. The van der Waals surface area contributed by atoms with Crippen LogP contribution in [0.15, 0.2) is 91.1 Å². The van der Waals surface area contributed by atoms with Crippen molar-refractivity contribution in [1.82, 2.24) is 15.2 Å². The predicted molar refractivity (Wildman–Crippen MR) is 131 cm³/mol. The van der Waals surface area contributed by atoms with Gasteiger partial charge in [-0.3, -0.25) is 14.6 Å². The molecule has 0 saturated heterocycles. The maximum atomic E-state index is 13.5. The molecular weight excluding hydrogens is 429 g/mol. The predicted octanol–water partition coefficient (Wildman–Crippen LogP) is 4.88. The number of carbonyl (C=O) groups is 2. The second-order valence-electron chi connectivity index (χ2n) is 8.19. The summed E-state index contributed by atoms with van der Waals surface area (Å²) >= 11 is 0. The normalized spacial score (nSPS) is 11.7. The highest BCUT2D eigenvalue weighted by Crippen LogP contribution is 2.22. The van der Waals surface area contributed by atoms with Gasteiger partial charge >= 0.3 is 0 Å². The Kier molecular flexibility index (Phi) is 7.28. The highest BCUT2D eigenvalue weighted by atomic mass is 19.1. The maximum absolute atomic E-state index is 13.5. The van der Waals surface area contributed by atoms with E-state index in [1.54, 1.807) is 48.5 Å². The molecule has 0 aliphatic heterocycles. The fraction of sp³-hybridized carbons (Fsp3) is 0.179.